The second-order valence-corrected chi connectivity index (χ2v) is 8.75. The number of pyridine rings is 1. The predicted octanol–water partition coefficient (Wildman–Crippen LogP) is 7.45. The van der Waals surface area contributed by atoms with E-state index in [0.717, 1.165) is 50.3 Å². The molecule has 2 aromatic heterocycles. The monoisotopic (exact) mass is 455 g/mol. The summed E-state index contributed by atoms with van der Waals surface area (Å²) in [7, 11) is 0. The van der Waals surface area contributed by atoms with Crippen LogP contribution in [-0.4, -0.2) is 14.5 Å². The normalized spacial score (nSPS) is 11.2. The molecular formula is C31H25N3O. The summed E-state index contributed by atoms with van der Waals surface area (Å²) in [5, 5.41) is 16.8. The summed E-state index contributed by atoms with van der Waals surface area (Å²) in [6, 6.07) is 36.6. The summed E-state index contributed by atoms with van der Waals surface area (Å²) in [6.07, 6.45) is 0. The molecule has 0 bridgehead atoms. The van der Waals surface area contributed by atoms with Crippen molar-refractivity contribution >= 4 is 22.2 Å². The van der Waals surface area contributed by atoms with Crippen molar-refractivity contribution in [3.05, 3.63) is 120 Å². The van der Waals surface area contributed by atoms with Gasteiger partial charge in [-0.05, 0) is 47.0 Å². The molecule has 6 rings (SSSR count). The molecule has 0 aliphatic carbocycles. The van der Waals surface area contributed by atoms with Crippen molar-refractivity contribution < 1.29 is 5.11 Å². The van der Waals surface area contributed by atoms with Crippen LogP contribution in [-0.2, 0) is 6.54 Å². The Balaban J connectivity index is 1.63. The minimum absolute atomic E-state index is 0.247. The molecule has 0 fully saturated rings. The first-order valence-corrected chi connectivity index (χ1v) is 11.8. The maximum atomic E-state index is 11.0. The van der Waals surface area contributed by atoms with Crippen molar-refractivity contribution in [2.75, 3.05) is 5.32 Å². The number of nitrogens with zero attached hydrogens (tertiary/aromatic N) is 2. The van der Waals surface area contributed by atoms with Crippen LogP contribution >= 0.6 is 0 Å². The lowest BCUT2D eigenvalue weighted by Crippen LogP contribution is -2.05. The number of benzene rings is 4. The van der Waals surface area contributed by atoms with Crippen LogP contribution in [0, 0.1) is 6.92 Å². The summed E-state index contributed by atoms with van der Waals surface area (Å²) in [6.45, 7) is 2.77. The Morgan fingerprint density at radius 2 is 1.54 bits per heavy atom. The lowest BCUT2D eigenvalue weighted by atomic mass is 10.0. The Labute approximate surface area is 204 Å². The Morgan fingerprint density at radius 1 is 0.771 bits per heavy atom. The van der Waals surface area contributed by atoms with Gasteiger partial charge in [0.25, 0.3) is 0 Å². The first-order valence-electron chi connectivity index (χ1n) is 11.8. The molecule has 170 valence electrons. The molecule has 0 radical (unpaired) electrons. The van der Waals surface area contributed by atoms with Gasteiger partial charge in [-0.2, -0.15) is 0 Å². The van der Waals surface area contributed by atoms with E-state index in [4.69, 9.17) is 4.98 Å². The number of imidazole rings is 1. The summed E-state index contributed by atoms with van der Waals surface area (Å²) in [4.78, 5) is 5.07. The van der Waals surface area contributed by atoms with Crippen LogP contribution in [0.5, 0.6) is 5.75 Å². The highest BCUT2D eigenvalue weighted by atomic mass is 16.3. The molecule has 4 aromatic carbocycles. The first kappa shape index (κ1) is 21.0. The number of phenolic OH excluding ortho intramolecular Hbond substituents is 1. The van der Waals surface area contributed by atoms with Gasteiger partial charge in [0.1, 0.15) is 22.9 Å². The molecule has 4 nitrogen and oxygen atoms in total. The van der Waals surface area contributed by atoms with E-state index in [-0.39, 0.29) is 5.75 Å². The van der Waals surface area contributed by atoms with E-state index in [1.807, 2.05) is 66.7 Å². The number of aryl methyl sites for hydroxylation is 1. The van der Waals surface area contributed by atoms with Crippen LogP contribution in [0.25, 0.3) is 38.9 Å². The number of aromatic hydroxyl groups is 1. The summed E-state index contributed by atoms with van der Waals surface area (Å²) >= 11 is 0. The van der Waals surface area contributed by atoms with Crippen molar-refractivity contribution in [1.29, 1.82) is 0 Å². The van der Waals surface area contributed by atoms with Gasteiger partial charge in [0.05, 0.1) is 5.69 Å². The van der Waals surface area contributed by atoms with E-state index in [1.165, 1.54) is 5.56 Å². The third-order valence-electron chi connectivity index (χ3n) is 6.51. The van der Waals surface area contributed by atoms with Gasteiger partial charge >= 0.3 is 0 Å². The van der Waals surface area contributed by atoms with Gasteiger partial charge in [-0.3, -0.25) is 4.40 Å². The largest absolute Gasteiger partial charge is 0.507 e. The molecule has 0 spiro atoms. The van der Waals surface area contributed by atoms with E-state index in [9.17, 15) is 5.11 Å². The van der Waals surface area contributed by atoms with Crippen molar-refractivity contribution in [1.82, 2.24) is 9.38 Å². The fraction of sp³-hybridized carbons (Fsp3) is 0.0645. The van der Waals surface area contributed by atoms with E-state index in [1.54, 1.807) is 6.07 Å². The topological polar surface area (TPSA) is 49.6 Å². The van der Waals surface area contributed by atoms with Crippen molar-refractivity contribution in [3.8, 4) is 28.3 Å². The zero-order valence-corrected chi connectivity index (χ0v) is 19.4. The predicted molar refractivity (Wildman–Crippen MR) is 144 cm³/mol. The molecule has 0 aliphatic rings. The number of anilines is 1. The number of fused-ring (bicyclic) bond motifs is 2. The average molecular weight is 456 g/mol. The minimum Gasteiger partial charge on any atom is -0.507 e. The van der Waals surface area contributed by atoms with Crippen molar-refractivity contribution in [2.24, 2.45) is 0 Å². The maximum Gasteiger partial charge on any atom is 0.139 e. The highest BCUT2D eigenvalue weighted by Crippen LogP contribution is 2.40. The SMILES string of the molecule is Cc1ccccc1-c1nc2cccc(-c3c(O)ccc4ccccc34)n2c1NCc1ccccc1. The Kier molecular flexibility index (Phi) is 5.19. The Morgan fingerprint density at radius 3 is 2.40 bits per heavy atom. The van der Waals surface area contributed by atoms with Crippen LogP contribution in [0.1, 0.15) is 11.1 Å². The number of aromatic nitrogens is 2. The van der Waals surface area contributed by atoms with Gasteiger partial charge in [0, 0.05) is 17.7 Å². The van der Waals surface area contributed by atoms with E-state index >= 15 is 0 Å². The Bertz CT molecular complexity index is 1670. The quantitative estimate of drug-likeness (QED) is 0.284. The van der Waals surface area contributed by atoms with Crippen LogP contribution in [0.3, 0.4) is 0 Å². The van der Waals surface area contributed by atoms with Crippen molar-refractivity contribution in [3.63, 3.8) is 0 Å². The lowest BCUT2D eigenvalue weighted by molar-refractivity contribution is 0.478. The molecule has 0 saturated carbocycles. The maximum absolute atomic E-state index is 11.0. The third kappa shape index (κ3) is 3.69. The highest BCUT2D eigenvalue weighted by molar-refractivity contribution is 5.99. The van der Waals surface area contributed by atoms with Crippen molar-refractivity contribution in [2.45, 2.75) is 13.5 Å². The molecular weight excluding hydrogens is 430 g/mol. The zero-order chi connectivity index (χ0) is 23.8. The fourth-order valence-corrected chi connectivity index (χ4v) is 4.79. The van der Waals surface area contributed by atoms with E-state index in [0.29, 0.717) is 6.54 Å². The van der Waals surface area contributed by atoms with Crippen LogP contribution < -0.4 is 5.32 Å². The van der Waals surface area contributed by atoms with Crippen LogP contribution in [0.2, 0.25) is 0 Å². The van der Waals surface area contributed by atoms with Gasteiger partial charge in [-0.15, -0.1) is 0 Å². The molecule has 2 N–H and O–H groups in total. The molecule has 2 heterocycles. The average Bonchev–Trinajstić information content (AvgIpc) is 3.27. The standard InChI is InChI=1S/C31H25N3O/c1-21-10-5-7-14-24(21)30-31(32-20-22-11-3-2-4-12-22)34-26(16-9-17-28(34)33-30)29-25-15-8-6-13-23(25)18-19-27(29)35/h2-19,32,35H,20H2,1H3. The number of phenols is 1. The van der Waals surface area contributed by atoms with Gasteiger partial charge < -0.3 is 10.4 Å². The van der Waals surface area contributed by atoms with Gasteiger partial charge in [0.2, 0.25) is 0 Å². The molecule has 0 atom stereocenters. The number of nitrogens with one attached hydrogen (secondary N) is 1. The van der Waals surface area contributed by atoms with E-state index < -0.39 is 0 Å². The van der Waals surface area contributed by atoms with Crippen LogP contribution in [0.4, 0.5) is 5.82 Å². The van der Waals surface area contributed by atoms with Gasteiger partial charge in [-0.25, -0.2) is 4.98 Å². The molecule has 0 unspecified atom stereocenters. The summed E-state index contributed by atoms with van der Waals surface area (Å²) in [5.74, 6) is 1.15. The minimum atomic E-state index is 0.247. The second-order valence-electron chi connectivity index (χ2n) is 8.75. The fourth-order valence-electron chi connectivity index (χ4n) is 4.79. The summed E-state index contributed by atoms with van der Waals surface area (Å²) < 4.78 is 2.13. The number of hydrogen-bond acceptors (Lipinski definition) is 3. The first-order chi connectivity index (χ1) is 17.2. The van der Waals surface area contributed by atoms with E-state index in [2.05, 4.69) is 53.0 Å². The van der Waals surface area contributed by atoms with Gasteiger partial charge in [0.15, 0.2) is 0 Å². The molecule has 0 amide bonds. The molecule has 0 saturated heterocycles. The number of rotatable bonds is 5. The molecule has 0 aliphatic heterocycles. The summed E-state index contributed by atoms with van der Waals surface area (Å²) in [5.41, 5.74) is 6.83. The third-order valence-corrected chi connectivity index (χ3v) is 6.51. The smallest absolute Gasteiger partial charge is 0.139 e. The van der Waals surface area contributed by atoms with Gasteiger partial charge in [-0.1, -0.05) is 91.0 Å². The molecule has 4 heteroatoms. The lowest BCUT2D eigenvalue weighted by Gasteiger charge is -2.15. The molecule has 6 aromatic rings. The molecule has 35 heavy (non-hydrogen) atoms. The zero-order valence-electron chi connectivity index (χ0n) is 19.4. The number of hydrogen-bond donors (Lipinski definition) is 2. The Hall–Kier alpha value is -4.57. The highest BCUT2D eigenvalue weighted by Gasteiger charge is 2.20. The second kappa shape index (κ2) is 8.65. The van der Waals surface area contributed by atoms with Crippen LogP contribution in [0.15, 0.2) is 109 Å².